The molecule has 1 amide bonds. The van der Waals surface area contributed by atoms with Crippen LogP contribution in [0.25, 0.3) is 0 Å². The molecule has 0 bridgehead atoms. The highest BCUT2D eigenvalue weighted by molar-refractivity contribution is 5.88. The molecule has 0 fully saturated rings. The van der Waals surface area contributed by atoms with Crippen LogP contribution in [-0.4, -0.2) is 16.8 Å². The minimum absolute atomic E-state index is 0.111. The molecule has 1 heterocycles. The predicted molar refractivity (Wildman–Crippen MR) is 77.1 cm³/mol. The molecule has 3 heteroatoms. The molecule has 0 unspecified atom stereocenters. The molecule has 1 aliphatic heterocycles. The van der Waals surface area contributed by atoms with Crippen LogP contribution in [0.5, 0.6) is 0 Å². The minimum atomic E-state index is -0.376. The van der Waals surface area contributed by atoms with E-state index in [2.05, 4.69) is 16.7 Å². The second-order valence-corrected chi connectivity index (χ2v) is 4.42. The van der Waals surface area contributed by atoms with Gasteiger partial charge in [-0.05, 0) is 16.9 Å². The highest BCUT2D eigenvalue weighted by Gasteiger charge is 2.27. The summed E-state index contributed by atoms with van der Waals surface area (Å²) in [7, 11) is 0. The monoisotopic (exact) mass is 260 g/mol. The third kappa shape index (κ3) is 2.32. The quantitative estimate of drug-likeness (QED) is 0.781. The number of benzene rings is 2. The fourth-order valence-electron chi connectivity index (χ4n) is 2.22. The van der Waals surface area contributed by atoms with Gasteiger partial charge in [-0.25, -0.2) is 0 Å². The number of hydrogen-bond donors (Lipinski definition) is 0. The molecule has 0 spiro atoms. The summed E-state index contributed by atoms with van der Waals surface area (Å²) in [6, 6.07) is 19.4. The molecule has 0 atom stereocenters. The van der Waals surface area contributed by atoms with Gasteiger partial charge in [0.25, 0.3) is 5.91 Å². The van der Waals surface area contributed by atoms with E-state index in [1.807, 2.05) is 60.7 Å². The van der Waals surface area contributed by atoms with Crippen LogP contribution >= 0.6 is 0 Å². The molecule has 0 radical (unpaired) electrons. The molecule has 3 nitrogen and oxygen atoms in total. The van der Waals surface area contributed by atoms with Crippen LogP contribution in [0.4, 0.5) is 0 Å². The lowest BCUT2D eigenvalue weighted by Crippen LogP contribution is -2.26. The van der Waals surface area contributed by atoms with Gasteiger partial charge in [0, 0.05) is 0 Å². The molecule has 96 valence electrons. The normalized spacial score (nSPS) is 12.3. The molecule has 2 aromatic rings. The number of rotatable bonds is 3. The summed E-state index contributed by atoms with van der Waals surface area (Å²) in [6.45, 7) is 0. The average Bonchev–Trinajstić information content (AvgIpc) is 3.04. The topological polar surface area (TPSA) is 32.7 Å². The van der Waals surface area contributed by atoms with Crippen molar-refractivity contribution in [3.63, 3.8) is 0 Å². The lowest BCUT2D eigenvalue weighted by atomic mass is 9.90. The van der Waals surface area contributed by atoms with Gasteiger partial charge in [-0.1, -0.05) is 60.7 Å². The SMILES string of the molecule is O=C(C(c1ccccc1)c1ccccc1)N1C=C=C=N1. The summed E-state index contributed by atoms with van der Waals surface area (Å²) in [6.07, 6.45) is 1.50. The van der Waals surface area contributed by atoms with Crippen molar-refractivity contribution in [3.8, 4) is 0 Å². The van der Waals surface area contributed by atoms with Crippen molar-refractivity contribution < 1.29 is 4.79 Å². The van der Waals surface area contributed by atoms with Gasteiger partial charge < -0.3 is 0 Å². The maximum atomic E-state index is 12.7. The Kier molecular flexibility index (Phi) is 3.30. The second-order valence-electron chi connectivity index (χ2n) is 4.42. The van der Waals surface area contributed by atoms with Crippen molar-refractivity contribution in [2.75, 3.05) is 0 Å². The summed E-state index contributed by atoms with van der Waals surface area (Å²) in [5.41, 5.74) is 4.56. The van der Waals surface area contributed by atoms with Crippen LogP contribution in [0.15, 0.2) is 77.7 Å². The maximum absolute atomic E-state index is 12.7. The maximum Gasteiger partial charge on any atom is 0.260 e. The fraction of sp³-hybridized carbons (Fsp3) is 0.0588. The Morgan fingerprint density at radius 3 is 1.95 bits per heavy atom. The molecule has 20 heavy (non-hydrogen) atoms. The first-order valence-corrected chi connectivity index (χ1v) is 6.34. The zero-order valence-electron chi connectivity index (χ0n) is 10.7. The van der Waals surface area contributed by atoms with Crippen molar-refractivity contribution >= 4 is 11.8 Å². The number of carbonyl (C=O) groups excluding carboxylic acids is 1. The van der Waals surface area contributed by atoms with Gasteiger partial charge in [0.1, 0.15) is 0 Å². The largest absolute Gasteiger partial charge is 0.271 e. The van der Waals surface area contributed by atoms with Gasteiger partial charge in [0.15, 0.2) is 0 Å². The van der Waals surface area contributed by atoms with Crippen molar-refractivity contribution in [1.29, 1.82) is 0 Å². The molecule has 0 N–H and O–H groups in total. The Balaban J connectivity index is 2.02. The third-order valence-corrected chi connectivity index (χ3v) is 3.15. The Morgan fingerprint density at radius 2 is 1.50 bits per heavy atom. The highest BCUT2D eigenvalue weighted by Crippen LogP contribution is 2.27. The highest BCUT2D eigenvalue weighted by atomic mass is 16.2. The lowest BCUT2D eigenvalue weighted by molar-refractivity contribution is -0.129. The van der Waals surface area contributed by atoms with E-state index in [9.17, 15) is 4.79 Å². The molecular formula is C17H12N2O. The summed E-state index contributed by atoms with van der Waals surface area (Å²) in [5, 5.41) is 5.16. The van der Waals surface area contributed by atoms with Gasteiger partial charge in [0.05, 0.1) is 18.0 Å². The molecule has 0 aliphatic carbocycles. The zero-order chi connectivity index (χ0) is 13.8. The Morgan fingerprint density at radius 1 is 0.950 bits per heavy atom. The number of amides is 1. The van der Waals surface area contributed by atoms with Gasteiger partial charge in [-0.2, -0.15) is 5.01 Å². The van der Waals surface area contributed by atoms with Crippen LogP contribution in [0.1, 0.15) is 17.0 Å². The molecule has 2 aromatic carbocycles. The third-order valence-electron chi connectivity index (χ3n) is 3.15. The summed E-state index contributed by atoms with van der Waals surface area (Å²) < 4.78 is 0. The molecule has 0 saturated carbocycles. The van der Waals surface area contributed by atoms with E-state index in [4.69, 9.17) is 0 Å². The first kappa shape index (κ1) is 12.2. The predicted octanol–water partition coefficient (Wildman–Crippen LogP) is 2.91. The van der Waals surface area contributed by atoms with Crippen LogP contribution in [0.2, 0.25) is 0 Å². The molecule has 0 aromatic heterocycles. The van der Waals surface area contributed by atoms with E-state index in [0.717, 1.165) is 11.1 Å². The second kappa shape index (κ2) is 5.41. The number of hydrazone groups is 1. The molecule has 0 saturated heterocycles. The van der Waals surface area contributed by atoms with Crippen molar-refractivity contribution in [2.45, 2.75) is 5.92 Å². The summed E-state index contributed by atoms with van der Waals surface area (Å²) >= 11 is 0. The zero-order valence-corrected chi connectivity index (χ0v) is 10.7. The van der Waals surface area contributed by atoms with Crippen molar-refractivity contribution in [2.24, 2.45) is 5.10 Å². The first-order chi connectivity index (χ1) is 9.86. The van der Waals surface area contributed by atoms with Crippen LogP contribution in [0, 0.1) is 0 Å². The van der Waals surface area contributed by atoms with Crippen LogP contribution in [-0.2, 0) is 4.79 Å². The van der Waals surface area contributed by atoms with E-state index in [-0.39, 0.29) is 11.8 Å². The summed E-state index contributed by atoms with van der Waals surface area (Å²) in [4.78, 5) is 12.7. The molecule has 3 rings (SSSR count). The average molecular weight is 260 g/mol. The summed E-state index contributed by atoms with van der Waals surface area (Å²) in [5.74, 6) is 2.05. The van der Waals surface area contributed by atoms with Crippen molar-refractivity contribution in [1.82, 2.24) is 5.01 Å². The van der Waals surface area contributed by atoms with E-state index in [1.54, 1.807) is 0 Å². The van der Waals surface area contributed by atoms with E-state index in [1.165, 1.54) is 11.2 Å². The smallest absolute Gasteiger partial charge is 0.260 e. The number of carbonyl (C=O) groups is 1. The van der Waals surface area contributed by atoms with E-state index in [0.29, 0.717) is 0 Å². The van der Waals surface area contributed by atoms with Crippen LogP contribution < -0.4 is 0 Å². The van der Waals surface area contributed by atoms with Gasteiger partial charge in [-0.15, -0.1) is 5.10 Å². The number of nitrogens with zero attached hydrogens (tertiary/aromatic N) is 2. The van der Waals surface area contributed by atoms with Gasteiger partial charge in [-0.3, -0.25) is 4.79 Å². The number of hydrogen-bond acceptors (Lipinski definition) is 2. The lowest BCUT2D eigenvalue weighted by Gasteiger charge is -2.19. The van der Waals surface area contributed by atoms with Crippen LogP contribution in [0.3, 0.4) is 0 Å². The van der Waals surface area contributed by atoms with E-state index < -0.39 is 0 Å². The first-order valence-electron chi connectivity index (χ1n) is 6.34. The minimum Gasteiger partial charge on any atom is -0.271 e. The Bertz CT molecular complexity index is 654. The standard InChI is InChI=1S/C17H12N2O/c20-17(19-13-7-12-18-19)16(14-8-3-1-4-9-14)15-10-5-2-6-11-15/h1-6,8-11,13,16H. The molecule has 1 aliphatic rings. The van der Waals surface area contributed by atoms with Crippen molar-refractivity contribution in [3.05, 3.63) is 83.7 Å². The Labute approximate surface area is 117 Å². The Hall–Kier alpha value is -2.86. The molecular weight excluding hydrogens is 248 g/mol. The van der Waals surface area contributed by atoms with Gasteiger partial charge in [0.2, 0.25) is 0 Å². The van der Waals surface area contributed by atoms with Gasteiger partial charge >= 0.3 is 0 Å². The van der Waals surface area contributed by atoms with E-state index >= 15 is 0 Å². The fourth-order valence-corrected chi connectivity index (χ4v) is 2.22.